The number of hydrogen-bond donors (Lipinski definition) is 3. The van der Waals surface area contributed by atoms with Gasteiger partial charge in [-0.25, -0.2) is 4.98 Å². The second kappa shape index (κ2) is 6.96. The van der Waals surface area contributed by atoms with Gasteiger partial charge in [-0.3, -0.25) is 19.7 Å². The van der Waals surface area contributed by atoms with Crippen LogP contribution in [0.2, 0.25) is 0 Å². The molecule has 0 aliphatic heterocycles. The fraction of sp³-hybridized carbons (Fsp3) is 0.263. The average Bonchev–Trinajstić information content (AvgIpc) is 3.38. The van der Waals surface area contributed by atoms with Crippen LogP contribution in [0.4, 0.5) is 10.8 Å². The van der Waals surface area contributed by atoms with E-state index in [9.17, 15) is 19.5 Å². The summed E-state index contributed by atoms with van der Waals surface area (Å²) >= 11 is 1.31. The van der Waals surface area contributed by atoms with E-state index in [2.05, 4.69) is 15.6 Å². The van der Waals surface area contributed by atoms with Gasteiger partial charge in [0.25, 0.3) is 5.91 Å². The molecule has 3 N–H and O–H groups in total. The number of anilines is 2. The Morgan fingerprint density at radius 2 is 1.89 bits per heavy atom. The maximum atomic E-state index is 12.7. The number of thiazole rings is 1. The largest absolute Gasteiger partial charge is 0.481 e. The van der Waals surface area contributed by atoms with Gasteiger partial charge in [-0.2, -0.15) is 0 Å². The van der Waals surface area contributed by atoms with Crippen molar-refractivity contribution in [3.63, 3.8) is 0 Å². The summed E-state index contributed by atoms with van der Waals surface area (Å²) < 4.78 is 0. The molecule has 1 aromatic heterocycles. The van der Waals surface area contributed by atoms with E-state index in [0.29, 0.717) is 22.8 Å². The SMILES string of the molecule is O=C(Nc1nccs1)c1cccc(NC(=O)[C@H]2[C@@H](C(=O)O)[C@H]3C=C[C@H]2C3)c1. The first-order chi connectivity index (χ1) is 13.0. The first kappa shape index (κ1) is 17.4. The van der Waals surface area contributed by atoms with Crippen LogP contribution in [0, 0.1) is 23.7 Å². The Kier molecular flexibility index (Phi) is 4.49. The molecular weight excluding hydrogens is 366 g/mol. The van der Waals surface area contributed by atoms with E-state index >= 15 is 0 Å². The first-order valence-electron chi connectivity index (χ1n) is 8.56. The van der Waals surface area contributed by atoms with Crippen molar-refractivity contribution in [2.24, 2.45) is 23.7 Å². The molecule has 8 heteroatoms. The highest BCUT2D eigenvalue weighted by Gasteiger charge is 2.51. The average molecular weight is 383 g/mol. The number of rotatable bonds is 5. The minimum absolute atomic E-state index is 0.0486. The van der Waals surface area contributed by atoms with E-state index < -0.39 is 17.8 Å². The van der Waals surface area contributed by atoms with Crippen molar-refractivity contribution < 1.29 is 19.5 Å². The Morgan fingerprint density at radius 3 is 2.59 bits per heavy atom. The lowest BCUT2D eigenvalue weighted by molar-refractivity contribution is -0.146. The van der Waals surface area contributed by atoms with E-state index in [4.69, 9.17) is 0 Å². The zero-order chi connectivity index (χ0) is 19.0. The van der Waals surface area contributed by atoms with Gasteiger partial charge in [0.05, 0.1) is 11.8 Å². The molecule has 1 fully saturated rings. The molecule has 27 heavy (non-hydrogen) atoms. The molecule has 4 rings (SSSR count). The number of nitrogens with zero attached hydrogens (tertiary/aromatic N) is 1. The molecular formula is C19H17N3O4S. The zero-order valence-corrected chi connectivity index (χ0v) is 15.0. The standard InChI is InChI=1S/C19H17N3O4S/c23-16(22-19-20-6-7-27-19)12-2-1-3-13(9-12)21-17(24)14-10-4-5-11(8-10)15(14)18(25)26/h1-7,9-11,14-15H,8H2,(H,21,24)(H,25,26)(H,20,22,23)/t10-,11-,14+,15-/m0/s1. The number of aliphatic carboxylic acids is 1. The number of benzene rings is 1. The van der Waals surface area contributed by atoms with E-state index in [0.717, 1.165) is 0 Å². The Hall–Kier alpha value is -3.00. The number of fused-ring (bicyclic) bond motifs is 2. The van der Waals surface area contributed by atoms with Crippen molar-refractivity contribution in [2.75, 3.05) is 10.6 Å². The zero-order valence-electron chi connectivity index (χ0n) is 14.2. The molecule has 2 aliphatic carbocycles. The Morgan fingerprint density at radius 1 is 1.11 bits per heavy atom. The van der Waals surface area contributed by atoms with Crippen LogP contribution in [-0.4, -0.2) is 27.9 Å². The minimum Gasteiger partial charge on any atom is -0.481 e. The van der Waals surface area contributed by atoms with Crippen LogP contribution in [0.25, 0.3) is 0 Å². The van der Waals surface area contributed by atoms with Gasteiger partial charge in [-0.05, 0) is 36.5 Å². The molecule has 4 atom stereocenters. The molecule has 2 aromatic rings. The van der Waals surface area contributed by atoms with E-state index in [1.165, 1.54) is 11.3 Å². The topological polar surface area (TPSA) is 108 Å². The van der Waals surface area contributed by atoms with Gasteiger partial charge in [-0.15, -0.1) is 11.3 Å². The summed E-state index contributed by atoms with van der Waals surface area (Å²) in [7, 11) is 0. The number of amides is 2. The predicted octanol–water partition coefficient (Wildman–Crippen LogP) is 2.86. The fourth-order valence-corrected chi connectivity index (χ4v) is 4.46. The Bertz CT molecular complexity index is 925. The van der Waals surface area contributed by atoms with Gasteiger partial charge in [0.2, 0.25) is 5.91 Å². The third-order valence-corrected chi connectivity index (χ3v) is 5.78. The van der Waals surface area contributed by atoms with E-state index in [1.54, 1.807) is 35.8 Å². The summed E-state index contributed by atoms with van der Waals surface area (Å²) in [5.41, 5.74) is 0.841. The van der Waals surface area contributed by atoms with Crippen molar-refractivity contribution in [3.05, 3.63) is 53.6 Å². The monoisotopic (exact) mass is 383 g/mol. The van der Waals surface area contributed by atoms with Crippen molar-refractivity contribution >= 4 is 39.9 Å². The van der Waals surface area contributed by atoms with Gasteiger partial charge in [-0.1, -0.05) is 18.2 Å². The van der Waals surface area contributed by atoms with Crippen molar-refractivity contribution in [1.82, 2.24) is 4.98 Å². The second-order valence-electron chi connectivity index (χ2n) is 6.70. The van der Waals surface area contributed by atoms with Gasteiger partial charge in [0.15, 0.2) is 5.13 Å². The molecule has 0 radical (unpaired) electrons. The summed E-state index contributed by atoms with van der Waals surface area (Å²) in [6.07, 6.45) is 6.13. The van der Waals surface area contributed by atoms with Crippen LogP contribution in [0.3, 0.4) is 0 Å². The number of carbonyl (C=O) groups is 3. The fourth-order valence-electron chi connectivity index (χ4n) is 3.93. The van der Waals surface area contributed by atoms with Crippen LogP contribution in [-0.2, 0) is 9.59 Å². The van der Waals surface area contributed by atoms with Crippen LogP contribution < -0.4 is 10.6 Å². The molecule has 2 bridgehead atoms. The number of nitrogens with one attached hydrogen (secondary N) is 2. The summed E-state index contributed by atoms with van der Waals surface area (Å²) in [4.78, 5) is 40.6. The molecule has 1 saturated carbocycles. The molecule has 138 valence electrons. The predicted molar refractivity (Wildman–Crippen MR) is 100 cm³/mol. The highest BCUT2D eigenvalue weighted by molar-refractivity contribution is 7.13. The van der Waals surface area contributed by atoms with Crippen molar-refractivity contribution in [1.29, 1.82) is 0 Å². The lowest BCUT2D eigenvalue weighted by Gasteiger charge is -2.23. The molecule has 0 unspecified atom stereocenters. The molecule has 1 heterocycles. The van der Waals surface area contributed by atoms with Crippen molar-refractivity contribution in [2.45, 2.75) is 6.42 Å². The van der Waals surface area contributed by atoms with Crippen LogP contribution in [0.5, 0.6) is 0 Å². The molecule has 0 spiro atoms. The number of hydrogen-bond acceptors (Lipinski definition) is 5. The Balaban J connectivity index is 1.48. The molecule has 2 aliphatic rings. The van der Waals surface area contributed by atoms with E-state index in [-0.39, 0.29) is 23.7 Å². The molecule has 1 aromatic carbocycles. The molecule has 2 amide bonds. The lowest BCUT2D eigenvalue weighted by atomic mass is 9.82. The third-order valence-electron chi connectivity index (χ3n) is 5.09. The molecule has 7 nitrogen and oxygen atoms in total. The summed E-state index contributed by atoms with van der Waals surface area (Å²) in [6.45, 7) is 0. The highest BCUT2D eigenvalue weighted by atomic mass is 32.1. The van der Waals surface area contributed by atoms with Gasteiger partial charge in [0.1, 0.15) is 0 Å². The number of carboxylic acids is 1. The van der Waals surface area contributed by atoms with Gasteiger partial charge < -0.3 is 10.4 Å². The second-order valence-corrected chi connectivity index (χ2v) is 7.59. The smallest absolute Gasteiger partial charge is 0.307 e. The minimum atomic E-state index is -0.941. The third kappa shape index (κ3) is 3.35. The maximum Gasteiger partial charge on any atom is 0.307 e. The number of carbonyl (C=O) groups excluding carboxylic acids is 2. The summed E-state index contributed by atoms with van der Waals surface area (Å²) in [5.74, 6) is -3.01. The Labute approximate surface area is 159 Å². The van der Waals surface area contributed by atoms with Gasteiger partial charge in [0, 0.05) is 22.8 Å². The van der Waals surface area contributed by atoms with Crippen LogP contribution in [0.1, 0.15) is 16.8 Å². The highest BCUT2D eigenvalue weighted by Crippen LogP contribution is 2.48. The van der Waals surface area contributed by atoms with Gasteiger partial charge >= 0.3 is 5.97 Å². The number of allylic oxidation sites excluding steroid dienone is 2. The lowest BCUT2D eigenvalue weighted by Crippen LogP contribution is -2.36. The maximum absolute atomic E-state index is 12.7. The summed E-state index contributed by atoms with van der Waals surface area (Å²) in [6, 6.07) is 6.55. The summed E-state index contributed by atoms with van der Waals surface area (Å²) in [5, 5.41) is 17.2. The first-order valence-corrected chi connectivity index (χ1v) is 9.44. The van der Waals surface area contributed by atoms with Crippen LogP contribution in [0.15, 0.2) is 48.0 Å². The number of aromatic nitrogens is 1. The van der Waals surface area contributed by atoms with Crippen LogP contribution >= 0.6 is 11.3 Å². The normalized spacial score (nSPS) is 25.3. The quantitative estimate of drug-likeness (QED) is 0.688. The number of carboxylic acid groups (broad SMARTS) is 1. The van der Waals surface area contributed by atoms with E-state index in [1.807, 2.05) is 12.2 Å². The molecule has 0 saturated heterocycles. The van der Waals surface area contributed by atoms with Crippen molar-refractivity contribution in [3.8, 4) is 0 Å².